The second-order valence-electron chi connectivity index (χ2n) is 11.1. The Morgan fingerprint density at radius 2 is 1.92 bits per heavy atom. The van der Waals surface area contributed by atoms with Crippen LogP contribution in [0.15, 0.2) is 30.3 Å². The van der Waals surface area contributed by atoms with E-state index in [0.29, 0.717) is 13.0 Å². The van der Waals surface area contributed by atoms with Gasteiger partial charge in [-0.1, -0.05) is 51.1 Å². The SMILES string of the molecule is CC(C)(C)[C@H](NC(=O)OCc1ccccc1)C(=O)N1CCC(F)(F)C[C@H]1C(=O)NC(C#N)C[C@@H]1CCNC1=O. The first-order valence-corrected chi connectivity index (χ1v) is 12.9. The van der Waals surface area contributed by atoms with Crippen molar-refractivity contribution in [3.8, 4) is 6.07 Å². The highest BCUT2D eigenvalue weighted by Gasteiger charge is 2.48. The van der Waals surface area contributed by atoms with E-state index in [4.69, 9.17) is 4.74 Å². The van der Waals surface area contributed by atoms with Crippen molar-refractivity contribution in [2.45, 2.75) is 77.1 Å². The summed E-state index contributed by atoms with van der Waals surface area (Å²) < 4.78 is 34.1. The van der Waals surface area contributed by atoms with E-state index in [9.17, 15) is 33.2 Å². The van der Waals surface area contributed by atoms with Gasteiger partial charge in [-0.15, -0.1) is 0 Å². The molecule has 12 heteroatoms. The molecule has 39 heavy (non-hydrogen) atoms. The second-order valence-corrected chi connectivity index (χ2v) is 11.1. The number of carbonyl (C=O) groups is 4. The Morgan fingerprint density at radius 3 is 2.51 bits per heavy atom. The van der Waals surface area contributed by atoms with Crippen molar-refractivity contribution in [3.63, 3.8) is 0 Å². The van der Waals surface area contributed by atoms with Crippen LogP contribution in [0.1, 0.15) is 52.0 Å². The van der Waals surface area contributed by atoms with Gasteiger partial charge in [0.05, 0.1) is 6.07 Å². The molecule has 1 aromatic rings. The third kappa shape index (κ3) is 8.12. The van der Waals surface area contributed by atoms with Crippen molar-refractivity contribution in [2.24, 2.45) is 11.3 Å². The van der Waals surface area contributed by atoms with Crippen molar-refractivity contribution < 1.29 is 32.7 Å². The molecule has 4 atom stereocenters. The number of benzene rings is 1. The first-order chi connectivity index (χ1) is 18.3. The molecule has 2 heterocycles. The standard InChI is InChI=1S/C27H35F2N5O5/c1-26(2,3)21(33-25(38)39-16-17-7-5-4-6-8-17)24(37)34-12-10-27(28,29)14-20(34)23(36)32-19(15-30)13-18-9-11-31-22(18)35/h4-8,18-21H,9-14,16H2,1-3H3,(H,31,35)(H,32,36)(H,33,38)/t18-,19?,20-,21+/m0/s1. The molecule has 4 amide bonds. The van der Waals surface area contributed by atoms with E-state index in [1.807, 2.05) is 12.1 Å². The molecule has 1 unspecified atom stereocenters. The number of alkyl halides is 2. The van der Waals surface area contributed by atoms with E-state index < -0.39 is 72.7 Å². The molecule has 2 saturated heterocycles. The summed E-state index contributed by atoms with van der Waals surface area (Å²) in [5.41, 5.74) is -0.113. The molecule has 0 saturated carbocycles. The Morgan fingerprint density at radius 1 is 1.23 bits per heavy atom. The van der Waals surface area contributed by atoms with Gasteiger partial charge in [-0.3, -0.25) is 14.4 Å². The van der Waals surface area contributed by atoms with Gasteiger partial charge < -0.3 is 25.6 Å². The Bertz CT molecular complexity index is 1100. The molecule has 212 valence electrons. The summed E-state index contributed by atoms with van der Waals surface area (Å²) in [5, 5.41) is 17.2. The first-order valence-electron chi connectivity index (χ1n) is 12.9. The lowest BCUT2D eigenvalue weighted by atomic mass is 9.84. The van der Waals surface area contributed by atoms with E-state index in [1.54, 1.807) is 45.0 Å². The fourth-order valence-corrected chi connectivity index (χ4v) is 4.70. The second kappa shape index (κ2) is 12.4. The van der Waals surface area contributed by atoms with Crippen LogP contribution >= 0.6 is 0 Å². The zero-order valence-corrected chi connectivity index (χ0v) is 22.3. The molecule has 3 N–H and O–H groups in total. The fourth-order valence-electron chi connectivity index (χ4n) is 4.70. The zero-order valence-electron chi connectivity index (χ0n) is 22.3. The normalized spacial score (nSPS) is 22.2. The maximum Gasteiger partial charge on any atom is 0.408 e. The van der Waals surface area contributed by atoms with Crippen LogP contribution in [0, 0.1) is 22.7 Å². The van der Waals surface area contributed by atoms with Gasteiger partial charge in [0.15, 0.2) is 0 Å². The lowest BCUT2D eigenvalue weighted by molar-refractivity contribution is -0.155. The number of alkyl carbamates (subject to hydrolysis) is 1. The smallest absolute Gasteiger partial charge is 0.408 e. The number of carbonyl (C=O) groups excluding carboxylic acids is 4. The van der Waals surface area contributed by atoms with E-state index >= 15 is 0 Å². The molecule has 2 aliphatic rings. The Labute approximate surface area is 226 Å². The lowest BCUT2D eigenvalue weighted by Gasteiger charge is -2.42. The molecule has 2 fully saturated rings. The summed E-state index contributed by atoms with van der Waals surface area (Å²) >= 11 is 0. The number of hydrogen-bond acceptors (Lipinski definition) is 6. The minimum absolute atomic E-state index is 0.0323. The number of nitrogens with one attached hydrogen (secondary N) is 3. The monoisotopic (exact) mass is 547 g/mol. The highest BCUT2D eigenvalue weighted by Crippen LogP contribution is 2.34. The molecule has 1 aromatic carbocycles. The number of nitrogens with zero attached hydrogens (tertiary/aromatic N) is 2. The average molecular weight is 548 g/mol. The number of rotatable bonds is 8. The molecule has 2 aliphatic heterocycles. The molecule has 0 aliphatic carbocycles. The molecular weight excluding hydrogens is 512 g/mol. The summed E-state index contributed by atoms with van der Waals surface area (Å²) in [6.07, 6.45) is -1.91. The molecule has 3 rings (SSSR count). The number of piperidine rings is 1. The van der Waals surface area contributed by atoms with Crippen molar-refractivity contribution in [2.75, 3.05) is 13.1 Å². The third-order valence-electron chi connectivity index (χ3n) is 6.92. The summed E-state index contributed by atoms with van der Waals surface area (Å²) in [5.74, 6) is -5.53. The predicted molar refractivity (Wildman–Crippen MR) is 136 cm³/mol. The van der Waals surface area contributed by atoms with Crippen molar-refractivity contribution >= 4 is 23.8 Å². The molecule has 0 spiro atoms. The van der Waals surface area contributed by atoms with Crippen molar-refractivity contribution in [1.82, 2.24) is 20.9 Å². The number of halogens is 2. The number of amides is 4. The first kappa shape index (κ1) is 29.8. The Kier molecular flexibility index (Phi) is 9.48. The minimum atomic E-state index is -3.20. The zero-order chi connectivity index (χ0) is 28.8. The topological polar surface area (TPSA) is 141 Å². The van der Waals surface area contributed by atoms with Crippen LogP contribution in [-0.2, 0) is 25.7 Å². The van der Waals surface area contributed by atoms with Crippen LogP contribution in [0.25, 0.3) is 0 Å². The summed E-state index contributed by atoms with van der Waals surface area (Å²) in [6, 6.07) is 6.99. The van der Waals surface area contributed by atoms with Crippen LogP contribution in [0.3, 0.4) is 0 Å². The maximum atomic E-state index is 14.4. The number of likely N-dealkylation sites (tertiary alicyclic amines) is 1. The predicted octanol–water partition coefficient (Wildman–Crippen LogP) is 2.49. The largest absolute Gasteiger partial charge is 0.445 e. The quantitative estimate of drug-likeness (QED) is 0.457. The van der Waals surface area contributed by atoms with Gasteiger partial charge in [0.2, 0.25) is 17.7 Å². The van der Waals surface area contributed by atoms with Gasteiger partial charge >= 0.3 is 6.09 Å². The number of nitriles is 1. The fraction of sp³-hybridized carbons (Fsp3) is 0.593. The molecular formula is C27H35F2N5O5. The van der Waals surface area contributed by atoms with Gasteiger partial charge in [0.25, 0.3) is 5.92 Å². The van der Waals surface area contributed by atoms with Gasteiger partial charge in [-0.05, 0) is 23.8 Å². The van der Waals surface area contributed by atoms with E-state index in [0.717, 1.165) is 10.5 Å². The van der Waals surface area contributed by atoms with Crippen LogP contribution in [0.2, 0.25) is 0 Å². The number of hydrogen-bond donors (Lipinski definition) is 3. The van der Waals surface area contributed by atoms with Crippen molar-refractivity contribution in [1.29, 1.82) is 5.26 Å². The minimum Gasteiger partial charge on any atom is -0.445 e. The average Bonchev–Trinajstić information content (AvgIpc) is 3.28. The van der Waals surface area contributed by atoms with Crippen LogP contribution in [-0.4, -0.2) is 65.9 Å². The number of ether oxygens (including phenoxy) is 1. The highest BCUT2D eigenvalue weighted by molar-refractivity contribution is 5.92. The van der Waals surface area contributed by atoms with Gasteiger partial charge in [0, 0.05) is 31.8 Å². The van der Waals surface area contributed by atoms with Gasteiger partial charge in [0.1, 0.15) is 24.7 Å². The Balaban J connectivity index is 1.73. The summed E-state index contributed by atoms with van der Waals surface area (Å²) in [6.45, 7) is 5.09. The third-order valence-corrected chi connectivity index (χ3v) is 6.92. The van der Waals surface area contributed by atoms with Crippen LogP contribution in [0.4, 0.5) is 13.6 Å². The van der Waals surface area contributed by atoms with Crippen molar-refractivity contribution in [3.05, 3.63) is 35.9 Å². The summed E-state index contributed by atoms with van der Waals surface area (Å²) in [4.78, 5) is 52.4. The van der Waals surface area contributed by atoms with Gasteiger partial charge in [-0.2, -0.15) is 5.26 Å². The lowest BCUT2D eigenvalue weighted by Crippen LogP contribution is -2.63. The van der Waals surface area contributed by atoms with E-state index in [-0.39, 0.29) is 18.9 Å². The van der Waals surface area contributed by atoms with Crippen LogP contribution in [0.5, 0.6) is 0 Å². The maximum absolute atomic E-state index is 14.4. The van der Waals surface area contributed by atoms with E-state index in [2.05, 4.69) is 16.0 Å². The van der Waals surface area contributed by atoms with E-state index in [1.165, 1.54) is 0 Å². The van der Waals surface area contributed by atoms with Crippen LogP contribution < -0.4 is 16.0 Å². The highest BCUT2D eigenvalue weighted by atomic mass is 19.3. The molecule has 0 aromatic heterocycles. The molecule has 0 radical (unpaired) electrons. The van der Waals surface area contributed by atoms with Gasteiger partial charge in [-0.25, -0.2) is 13.6 Å². The Hall–Kier alpha value is -3.75. The molecule has 0 bridgehead atoms. The molecule has 10 nitrogen and oxygen atoms in total. The summed E-state index contributed by atoms with van der Waals surface area (Å²) in [7, 11) is 0.